The minimum atomic E-state index is 0.293. The van der Waals surface area contributed by atoms with Crippen LogP contribution in [0.2, 0.25) is 0 Å². The molecule has 1 atom stereocenters. The monoisotopic (exact) mass is 250 g/mol. The minimum absolute atomic E-state index is 0.293. The molecular formula is C14H26N4. The first-order chi connectivity index (χ1) is 8.67. The molecule has 0 amide bonds. The van der Waals surface area contributed by atoms with Gasteiger partial charge in [0.15, 0.2) is 0 Å². The second-order valence-electron chi connectivity index (χ2n) is 5.90. The molecule has 1 aliphatic rings. The van der Waals surface area contributed by atoms with Crippen LogP contribution in [-0.2, 0) is 13.0 Å². The number of rotatable bonds is 8. The zero-order chi connectivity index (χ0) is 13.0. The standard InChI is InChI=1S/C14H26N4/c1-4-8-18-13(16-11-17-18)9-14(3,5-2)10-15-12-6-7-12/h11-12,15H,4-10H2,1-3H3. The summed E-state index contributed by atoms with van der Waals surface area (Å²) in [5.41, 5.74) is 0.293. The topological polar surface area (TPSA) is 42.7 Å². The van der Waals surface area contributed by atoms with E-state index < -0.39 is 0 Å². The van der Waals surface area contributed by atoms with Gasteiger partial charge in [0, 0.05) is 25.6 Å². The van der Waals surface area contributed by atoms with Gasteiger partial charge in [-0.1, -0.05) is 20.8 Å². The van der Waals surface area contributed by atoms with Crippen LogP contribution in [0.25, 0.3) is 0 Å². The largest absolute Gasteiger partial charge is 0.313 e. The van der Waals surface area contributed by atoms with Crippen LogP contribution in [0.4, 0.5) is 0 Å². The van der Waals surface area contributed by atoms with E-state index in [2.05, 4.69) is 40.9 Å². The summed E-state index contributed by atoms with van der Waals surface area (Å²) in [5, 5.41) is 7.97. The first-order valence-electron chi connectivity index (χ1n) is 7.27. The molecule has 0 aliphatic heterocycles. The Bertz CT molecular complexity index is 370. The Balaban J connectivity index is 1.96. The quantitative estimate of drug-likeness (QED) is 0.770. The van der Waals surface area contributed by atoms with Crippen molar-refractivity contribution < 1.29 is 0 Å². The molecule has 1 aromatic rings. The lowest BCUT2D eigenvalue weighted by Crippen LogP contribution is -2.35. The molecule has 1 saturated carbocycles. The van der Waals surface area contributed by atoms with Crippen molar-refractivity contribution in [2.45, 2.75) is 65.5 Å². The molecule has 1 N–H and O–H groups in total. The van der Waals surface area contributed by atoms with Gasteiger partial charge in [-0.25, -0.2) is 4.98 Å². The van der Waals surface area contributed by atoms with Crippen LogP contribution >= 0.6 is 0 Å². The summed E-state index contributed by atoms with van der Waals surface area (Å²) < 4.78 is 2.06. The number of hydrogen-bond donors (Lipinski definition) is 1. The zero-order valence-corrected chi connectivity index (χ0v) is 11.9. The fourth-order valence-electron chi connectivity index (χ4n) is 2.20. The average Bonchev–Trinajstić information content (AvgIpc) is 3.11. The molecule has 4 heteroatoms. The van der Waals surface area contributed by atoms with Gasteiger partial charge in [0.25, 0.3) is 0 Å². The van der Waals surface area contributed by atoms with E-state index in [4.69, 9.17) is 0 Å². The molecule has 1 aliphatic carbocycles. The van der Waals surface area contributed by atoms with Crippen molar-refractivity contribution >= 4 is 0 Å². The Kier molecular flexibility index (Phi) is 4.38. The molecule has 0 radical (unpaired) electrons. The number of aryl methyl sites for hydroxylation is 1. The molecule has 0 bridgehead atoms. The van der Waals surface area contributed by atoms with Gasteiger partial charge in [-0.3, -0.25) is 4.68 Å². The number of nitrogens with one attached hydrogen (secondary N) is 1. The van der Waals surface area contributed by atoms with Crippen molar-refractivity contribution in [1.82, 2.24) is 20.1 Å². The highest BCUT2D eigenvalue weighted by atomic mass is 15.3. The van der Waals surface area contributed by atoms with Crippen molar-refractivity contribution in [2.75, 3.05) is 6.54 Å². The molecular weight excluding hydrogens is 224 g/mol. The van der Waals surface area contributed by atoms with Crippen molar-refractivity contribution in [3.05, 3.63) is 12.2 Å². The minimum Gasteiger partial charge on any atom is -0.313 e. The summed E-state index contributed by atoms with van der Waals surface area (Å²) in [6.45, 7) is 8.87. The van der Waals surface area contributed by atoms with Crippen LogP contribution in [0.15, 0.2) is 6.33 Å². The van der Waals surface area contributed by atoms with Crippen LogP contribution in [0.3, 0.4) is 0 Å². The van der Waals surface area contributed by atoms with E-state index in [1.54, 1.807) is 6.33 Å². The molecule has 1 fully saturated rings. The SMILES string of the molecule is CCCn1ncnc1CC(C)(CC)CNC1CC1. The van der Waals surface area contributed by atoms with Gasteiger partial charge in [0.05, 0.1) is 0 Å². The van der Waals surface area contributed by atoms with E-state index in [0.29, 0.717) is 5.41 Å². The van der Waals surface area contributed by atoms with Crippen molar-refractivity contribution in [3.8, 4) is 0 Å². The molecule has 102 valence electrons. The maximum atomic E-state index is 4.43. The molecule has 4 nitrogen and oxygen atoms in total. The third-order valence-corrected chi connectivity index (χ3v) is 3.96. The normalized spacial score (nSPS) is 18.8. The first kappa shape index (κ1) is 13.5. The highest BCUT2D eigenvalue weighted by Gasteiger charge is 2.28. The predicted molar refractivity (Wildman–Crippen MR) is 73.4 cm³/mol. The lowest BCUT2D eigenvalue weighted by Gasteiger charge is -2.28. The Morgan fingerprint density at radius 3 is 2.83 bits per heavy atom. The first-order valence-corrected chi connectivity index (χ1v) is 7.27. The molecule has 1 heterocycles. The zero-order valence-electron chi connectivity index (χ0n) is 11.9. The molecule has 18 heavy (non-hydrogen) atoms. The number of hydrogen-bond acceptors (Lipinski definition) is 3. The number of aromatic nitrogens is 3. The van der Waals surface area contributed by atoms with Crippen LogP contribution < -0.4 is 5.32 Å². The van der Waals surface area contributed by atoms with Gasteiger partial charge in [0.2, 0.25) is 0 Å². The van der Waals surface area contributed by atoms with Crippen LogP contribution in [0, 0.1) is 5.41 Å². The van der Waals surface area contributed by atoms with Crippen LogP contribution in [0.1, 0.15) is 52.3 Å². The van der Waals surface area contributed by atoms with Crippen LogP contribution in [-0.4, -0.2) is 27.4 Å². The van der Waals surface area contributed by atoms with E-state index in [-0.39, 0.29) is 0 Å². The molecule has 1 aromatic heterocycles. The summed E-state index contributed by atoms with van der Waals surface area (Å²) in [7, 11) is 0. The smallest absolute Gasteiger partial charge is 0.138 e. The fraction of sp³-hybridized carbons (Fsp3) is 0.857. The lowest BCUT2D eigenvalue weighted by molar-refractivity contribution is 0.278. The van der Waals surface area contributed by atoms with Gasteiger partial charge >= 0.3 is 0 Å². The highest BCUT2D eigenvalue weighted by molar-refractivity contribution is 4.94. The number of nitrogens with zero attached hydrogens (tertiary/aromatic N) is 3. The van der Waals surface area contributed by atoms with E-state index in [1.807, 2.05) is 0 Å². The third-order valence-electron chi connectivity index (χ3n) is 3.96. The van der Waals surface area contributed by atoms with E-state index in [9.17, 15) is 0 Å². The fourth-order valence-corrected chi connectivity index (χ4v) is 2.20. The summed E-state index contributed by atoms with van der Waals surface area (Å²) >= 11 is 0. The van der Waals surface area contributed by atoms with E-state index >= 15 is 0 Å². The summed E-state index contributed by atoms with van der Waals surface area (Å²) in [5.74, 6) is 1.14. The second kappa shape index (κ2) is 5.83. The Labute approximate surface area is 110 Å². The average molecular weight is 250 g/mol. The molecule has 0 saturated heterocycles. The maximum Gasteiger partial charge on any atom is 0.138 e. The Morgan fingerprint density at radius 2 is 2.22 bits per heavy atom. The van der Waals surface area contributed by atoms with Crippen LogP contribution in [0.5, 0.6) is 0 Å². The van der Waals surface area contributed by atoms with Crippen molar-refractivity contribution in [1.29, 1.82) is 0 Å². The van der Waals surface area contributed by atoms with Gasteiger partial charge < -0.3 is 5.32 Å². The molecule has 0 spiro atoms. The molecule has 0 aromatic carbocycles. The Morgan fingerprint density at radius 1 is 1.44 bits per heavy atom. The van der Waals surface area contributed by atoms with Gasteiger partial charge in [-0.2, -0.15) is 5.10 Å². The summed E-state index contributed by atoms with van der Waals surface area (Å²) in [6, 6.07) is 0.782. The molecule has 1 unspecified atom stereocenters. The van der Waals surface area contributed by atoms with Gasteiger partial charge in [-0.05, 0) is 31.1 Å². The molecule has 2 rings (SSSR count). The maximum absolute atomic E-state index is 4.43. The summed E-state index contributed by atoms with van der Waals surface area (Å²) in [4.78, 5) is 4.43. The van der Waals surface area contributed by atoms with Gasteiger partial charge in [0.1, 0.15) is 12.2 Å². The van der Waals surface area contributed by atoms with Crippen molar-refractivity contribution in [2.24, 2.45) is 5.41 Å². The third kappa shape index (κ3) is 3.55. The highest BCUT2D eigenvalue weighted by Crippen LogP contribution is 2.27. The van der Waals surface area contributed by atoms with E-state index in [0.717, 1.165) is 37.8 Å². The lowest BCUT2D eigenvalue weighted by atomic mass is 9.83. The van der Waals surface area contributed by atoms with E-state index in [1.165, 1.54) is 19.3 Å². The van der Waals surface area contributed by atoms with Gasteiger partial charge in [-0.15, -0.1) is 0 Å². The predicted octanol–water partition coefficient (Wildman–Crippen LogP) is 2.40. The Hall–Kier alpha value is -0.900. The van der Waals surface area contributed by atoms with Crippen molar-refractivity contribution in [3.63, 3.8) is 0 Å². The second-order valence-corrected chi connectivity index (χ2v) is 5.90. The summed E-state index contributed by atoms with van der Waals surface area (Å²) in [6.07, 6.45) is 7.70.